The molecule has 0 aliphatic carbocycles. The first-order chi connectivity index (χ1) is 5.50. The largest absolute Gasteiger partial charge is 0.481 e. The first-order valence-electron chi connectivity index (χ1n) is 4.34. The van der Waals surface area contributed by atoms with E-state index in [0.29, 0.717) is 5.92 Å². The molecule has 0 amide bonds. The monoisotopic (exact) mass is 170 g/mol. The average Bonchev–Trinajstić information content (AvgIpc) is 2.02. The number of hydrogen-bond donors (Lipinski definition) is 1. The van der Waals surface area contributed by atoms with Gasteiger partial charge in [0.15, 0.2) is 0 Å². The maximum atomic E-state index is 10.6. The summed E-state index contributed by atoms with van der Waals surface area (Å²) >= 11 is 0. The molecule has 0 spiro atoms. The van der Waals surface area contributed by atoms with Gasteiger partial charge in [0, 0.05) is 0 Å². The molecule has 1 N–H and O–H groups in total. The Balaban J connectivity index is 4.07. The first-order valence-corrected chi connectivity index (χ1v) is 4.34. The van der Waals surface area contributed by atoms with Crippen LogP contribution in [0.2, 0.25) is 0 Å². The molecule has 3 unspecified atom stereocenters. The fourth-order valence-electron chi connectivity index (χ4n) is 1.20. The zero-order valence-corrected chi connectivity index (χ0v) is 8.08. The van der Waals surface area contributed by atoms with Crippen LogP contribution in [-0.2, 0) is 4.79 Å². The minimum atomic E-state index is -0.710. The van der Waals surface area contributed by atoms with Gasteiger partial charge in [-0.3, -0.25) is 4.79 Å². The van der Waals surface area contributed by atoms with Crippen LogP contribution in [0.3, 0.4) is 0 Å². The average molecular weight is 170 g/mol. The lowest BCUT2D eigenvalue weighted by molar-refractivity contribution is -0.143. The van der Waals surface area contributed by atoms with Gasteiger partial charge < -0.3 is 5.11 Å². The molecule has 0 radical (unpaired) electrons. The van der Waals surface area contributed by atoms with Gasteiger partial charge in [-0.2, -0.15) is 0 Å². The summed E-state index contributed by atoms with van der Waals surface area (Å²) in [7, 11) is 0. The van der Waals surface area contributed by atoms with Gasteiger partial charge in [0.1, 0.15) is 0 Å². The molecule has 2 heteroatoms. The lowest BCUT2D eigenvalue weighted by atomic mass is 9.83. The molecule has 0 aromatic carbocycles. The molecule has 0 heterocycles. The van der Waals surface area contributed by atoms with Crippen LogP contribution in [0.4, 0.5) is 0 Å². The van der Waals surface area contributed by atoms with E-state index >= 15 is 0 Å². The van der Waals surface area contributed by atoms with Gasteiger partial charge in [-0.1, -0.05) is 26.8 Å². The molecule has 70 valence electrons. The molecule has 0 aromatic rings. The summed E-state index contributed by atoms with van der Waals surface area (Å²) in [5.74, 6) is -0.368. The Morgan fingerprint density at radius 1 is 1.50 bits per heavy atom. The van der Waals surface area contributed by atoms with Crippen LogP contribution in [0.5, 0.6) is 0 Å². The molecular weight excluding hydrogens is 152 g/mol. The van der Waals surface area contributed by atoms with Gasteiger partial charge in [0.05, 0.1) is 5.92 Å². The van der Waals surface area contributed by atoms with Crippen molar-refractivity contribution in [2.75, 3.05) is 0 Å². The maximum Gasteiger partial charge on any atom is 0.306 e. The summed E-state index contributed by atoms with van der Waals surface area (Å²) in [6.07, 6.45) is 2.73. The molecule has 0 rings (SSSR count). The molecular formula is C10H18O2. The van der Waals surface area contributed by atoms with E-state index in [4.69, 9.17) is 5.11 Å². The van der Waals surface area contributed by atoms with Crippen molar-refractivity contribution >= 4 is 5.97 Å². The normalized spacial score (nSPS) is 17.9. The Bertz CT molecular complexity index is 163. The third-order valence-corrected chi connectivity index (χ3v) is 2.61. The molecule has 0 fully saturated rings. The fourth-order valence-corrected chi connectivity index (χ4v) is 1.20. The molecule has 0 bridgehead atoms. The van der Waals surface area contributed by atoms with Crippen LogP contribution in [0, 0.1) is 17.8 Å². The predicted octanol–water partition coefficient (Wildman–Crippen LogP) is 2.56. The fraction of sp³-hybridized carbons (Fsp3) is 0.700. The van der Waals surface area contributed by atoms with Crippen LogP contribution < -0.4 is 0 Å². The van der Waals surface area contributed by atoms with Crippen molar-refractivity contribution in [3.05, 3.63) is 12.7 Å². The second kappa shape index (κ2) is 4.96. The van der Waals surface area contributed by atoms with E-state index in [1.807, 2.05) is 13.0 Å². The minimum Gasteiger partial charge on any atom is -0.481 e. The third kappa shape index (κ3) is 3.07. The van der Waals surface area contributed by atoms with Crippen LogP contribution >= 0.6 is 0 Å². The van der Waals surface area contributed by atoms with E-state index in [1.54, 1.807) is 6.92 Å². The van der Waals surface area contributed by atoms with Crippen molar-refractivity contribution in [1.29, 1.82) is 0 Å². The standard InChI is InChI=1S/C10H18O2/c1-5-6-7(2)8(3)9(4)10(11)12/h5,7-9H,1,6H2,2-4H3,(H,11,12). The van der Waals surface area contributed by atoms with E-state index in [-0.39, 0.29) is 11.8 Å². The second-order valence-electron chi connectivity index (χ2n) is 3.49. The summed E-state index contributed by atoms with van der Waals surface area (Å²) in [6.45, 7) is 9.44. The second-order valence-corrected chi connectivity index (χ2v) is 3.49. The van der Waals surface area contributed by atoms with Gasteiger partial charge in [-0.15, -0.1) is 6.58 Å². The first kappa shape index (κ1) is 11.2. The Morgan fingerprint density at radius 3 is 2.33 bits per heavy atom. The SMILES string of the molecule is C=CCC(C)C(C)C(C)C(=O)O. The Hall–Kier alpha value is -0.790. The van der Waals surface area contributed by atoms with E-state index in [0.717, 1.165) is 6.42 Å². The highest BCUT2D eigenvalue weighted by molar-refractivity contribution is 5.69. The molecule has 12 heavy (non-hydrogen) atoms. The smallest absolute Gasteiger partial charge is 0.306 e. The Labute approximate surface area is 74.3 Å². The lowest BCUT2D eigenvalue weighted by Crippen LogP contribution is -2.23. The topological polar surface area (TPSA) is 37.3 Å². The van der Waals surface area contributed by atoms with Crippen LogP contribution in [0.25, 0.3) is 0 Å². The molecule has 0 aromatic heterocycles. The molecule has 0 aliphatic rings. The zero-order chi connectivity index (χ0) is 9.72. The number of hydrogen-bond acceptors (Lipinski definition) is 1. The van der Waals surface area contributed by atoms with Gasteiger partial charge >= 0.3 is 5.97 Å². The van der Waals surface area contributed by atoms with E-state index in [1.165, 1.54) is 0 Å². The van der Waals surface area contributed by atoms with Crippen LogP contribution in [0.1, 0.15) is 27.2 Å². The quantitative estimate of drug-likeness (QED) is 0.644. The predicted molar refractivity (Wildman–Crippen MR) is 49.9 cm³/mol. The highest BCUT2D eigenvalue weighted by Crippen LogP contribution is 2.23. The number of aliphatic carboxylic acids is 1. The summed E-state index contributed by atoms with van der Waals surface area (Å²) in [5, 5.41) is 8.74. The Morgan fingerprint density at radius 2 is 2.00 bits per heavy atom. The number of rotatable bonds is 5. The highest BCUT2D eigenvalue weighted by atomic mass is 16.4. The molecule has 0 saturated heterocycles. The van der Waals surface area contributed by atoms with Crippen molar-refractivity contribution in [3.63, 3.8) is 0 Å². The molecule has 3 atom stereocenters. The Kier molecular flexibility index (Phi) is 4.64. The molecule has 2 nitrogen and oxygen atoms in total. The maximum absolute atomic E-state index is 10.6. The number of carbonyl (C=O) groups is 1. The number of carboxylic acids is 1. The summed E-state index contributed by atoms with van der Waals surface area (Å²) in [6, 6.07) is 0. The van der Waals surface area contributed by atoms with E-state index in [2.05, 4.69) is 13.5 Å². The van der Waals surface area contributed by atoms with E-state index < -0.39 is 5.97 Å². The van der Waals surface area contributed by atoms with E-state index in [9.17, 15) is 4.79 Å². The van der Waals surface area contributed by atoms with Crippen molar-refractivity contribution in [2.45, 2.75) is 27.2 Å². The van der Waals surface area contributed by atoms with Crippen LogP contribution in [-0.4, -0.2) is 11.1 Å². The van der Waals surface area contributed by atoms with Crippen molar-refractivity contribution in [3.8, 4) is 0 Å². The van der Waals surface area contributed by atoms with Gasteiger partial charge in [-0.25, -0.2) is 0 Å². The van der Waals surface area contributed by atoms with Gasteiger partial charge in [-0.05, 0) is 18.3 Å². The summed E-state index contributed by atoms with van der Waals surface area (Å²) < 4.78 is 0. The van der Waals surface area contributed by atoms with Crippen molar-refractivity contribution in [2.24, 2.45) is 17.8 Å². The molecule has 0 saturated carbocycles. The third-order valence-electron chi connectivity index (χ3n) is 2.61. The van der Waals surface area contributed by atoms with Crippen molar-refractivity contribution in [1.82, 2.24) is 0 Å². The van der Waals surface area contributed by atoms with Crippen molar-refractivity contribution < 1.29 is 9.90 Å². The van der Waals surface area contributed by atoms with Crippen LogP contribution in [0.15, 0.2) is 12.7 Å². The zero-order valence-electron chi connectivity index (χ0n) is 8.08. The number of allylic oxidation sites excluding steroid dienone is 1. The van der Waals surface area contributed by atoms with Gasteiger partial charge in [0.25, 0.3) is 0 Å². The minimum absolute atomic E-state index is 0.209. The molecule has 0 aliphatic heterocycles. The summed E-state index contributed by atoms with van der Waals surface area (Å²) in [5.41, 5.74) is 0. The summed E-state index contributed by atoms with van der Waals surface area (Å²) in [4.78, 5) is 10.6. The lowest BCUT2D eigenvalue weighted by Gasteiger charge is -2.21. The number of carboxylic acid groups (broad SMARTS) is 1. The van der Waals surface area contributed by atoms with Gasteiger partial charge in [0.2, 0.25) is 0 Å². The highest BCUT2D eigenvalue weighted by Gasteiger charge is 2.23.